The number of nitro benzene ring substituents is 1. The molecule has 0 aliphatic carbocycles. The monoisotopic (exact) mass is 275 g/mol. The van der Waals surface area contributed by atoms with Gasteiger partial charge in [0.25, 0.3) is 0 Å². The number of hydrogen-bond acceptors (Lipinski definition) is 6. The number of benzene rings is 1. The molecule has 7 nitrogen and oxygen atoms in total. The topological polar surface area (TPSA) is 87.9 Å². The van der Waals surface area contributed by atoms with Crippen molar-refractivity contribution in [2.75, 3.05) is 21.3 Å². The molecule has 98 valence electrons. The number of ether oxygens (including phenoxy) is 3. The summed E-state index contributed by atoms with van der Waals surface area (Å²) in [7, 11) is 3.62. The number of methoxy groups -OCH3 is 3. The molecule has 0 aliphatic rings. The van der Waals surface area contributed by atoms with Crippen LogP contribution in [0.2, 0.25) is 5.02 Å². The van der Waals surface area contributed by atoms with Crippen molar-refractivity contribution in [3.05, 3.63) is 26.8 Å². The average Bonchev–Trinajstić information content (AvgIpc) is 2.35. The van der Waals surface area contributed by atoms with E-state index >= 15 is 0 Å². The molecule has 0 N–H and O–H groups in total. The zero-order valence-corrected chi connectivity index (χ0v) is 10.6. The van der Waals surface area contributed by atoms with E-state index in [0.29, 0.717) is 0 Å². The van der Waals surface area contributed by atoms with Crippen LogP contribution in [0.25, 0.3) is 0 Å². The number of nitrogens with zero attached hydrogens (tertiary/aromatic N) is 1. The lowest BCUT2D eigenvalue weighted by atomic mass is 10.1. The van der Waals surface area contributed by atoms with Crippen molar-refractivity contribution in [3.8, 4) is 11.5 Å². The Balaban J connectivity index is 3.69. The van der Waals surface area contributed by atoms with Crippen LogP contribution in [0.5, 0.6) is 11.5 Å². The second kappa shape index (κ2) is 5.54. The second-order valence-corrected chi connectivity index (χ2v) is 3.47. The Bertz CT molecular complexity index is 502. The van der Waals surface area contributed by atoms with Crippen molar-refractivity contribution < 1.29 is 23.9 Å². The van der Waals surface area contributed by atoms with Crippen LogP contribution in [0, 0.1) is 10.1 Å². The normalized spacial score (nSPS) is 9.78. The molecule has 0 aliphatic heterocycles. The van der Waals surface area contributed by atoms with Gasteiger partial charge in [0, 0.05) is 6.07 Å². The number of halogens is 1. The standard InChI is InChI=1S/C10H10ClNO6/c1-16-6-4-5(11)8(12(14)15)9(17-2)7(6)10(13)18-3/h4H,1-3H3. The molecule has 1 aromatic carbocycles. The molecular weight excluding hydrogens is 266 g/mol. The summed E-state index contributed by atoms with van der Waals surface area (Å²) in [6.07, 6.45) is 0. The van der Waals surface area contributed by atoms with E-state index in [1.54, 1.807) is 0 Å². The highest BCUT2D eigenvalue weighted by molar-refractivity contribution is 6.33. The summed E-state index contributed by atoms with van der Waals surface area (Å²) in [5.41, 5.74) is -0.695. The third-order valence-corrected chi connectivity index (χ3v) is 2.46. The summed E-state index contributed by atoms with van der Waals surface area (Å²) < 4.78 is 14.3. The van der Waals surface area contributed by atoms with Crippen molar-refractivity contribution in [1.29, 1.82) is 0 Å². The maximum absolute atomic E-state index is 11.6. The fourth-order valence-corrected chi connectivity index (χ4v) is 1.67. The molecular formula is C10H10ClNO6. The van der Waals surface area contributed by atoms with Crippen molar-refractivity contribution in [2.45, 2.75) is 0 Å². The molecule has 0 spiro atoms. The van der Waals surface area contributed by atoms with E-state index in [-0.39, 0.29) is 22.1 Å². The fourth-order valence-electron chi connectivity index (χ4n) is 1.42. The highest BCUT2D eigenvalue weighted by atomic mass is 35.5. The van der Waals surface area contributed by atoms with Gasteiger partial charge >= 0.3 is 11.7 Å². The number of hydrogen-bond donors (Lipinski definition) is 0. The highest BCUT2D eigenvalue weighted by Crippen LogP contribution is 2.43. The number of carbonyl (C=O) groups is 1. The summed E-state index contributed by atoms with van der Waals surface area (Å²) >= 11 is 5.75. The minimum Gasteiger partial charge on any atom is -0.496 e. The first-order valence-corrected chi connectivity index (χ1v) is 5.02. The van der Waals surface area contributed by atoms with Crippen LogP contribution < -0.4 is 9.47 Å². The number of carbonyl (C=O) groups excluding carboxylic acids is 1. The van der Waals surface area contributed by atoms with Crippen molar-refractivity contribution in [2.24, 2.45) is 0 Å². The van der Waals surface area contributed by atoms with E-state index in [1.807, 2.05) is 0 Å². The Morgan fingerprint density at radius 2 is 1.94 bits per heavy atom. The first kappa shape index (κ1) is 14.0. The molecule has 18 heavy (non-hydrogen) atoms. The third kappa shape index (κ3) is 2.30. The zero-order chi connectivity index (χ0) is 13.9. The maximum atomic E-state index is 11.6. The van der Waals surface area contributed by atoms with Gasteiger partial charge in [-0.2, -0.15) is 0 Å². The van der Waals surface area contributed by atoms with Crippen LogP contribution in [0.4, 0.5) is 5.69 Å². The molecule has 8 heteroatoms. The first-order chi connectivity index (χ1) is 8.47. The van der Waals surface area contributed by atoms with Crippen molar-refractivity contribution in [3.63, 3.8) is 0 Å². The predicted octanol–water partition coefficient (Wildman–Crippen LogP) is 2.05. The third-order valence-electron chi connectivity index (χ3n) is 2.17. The minimum atomic E-state index is -0.816. The molecule has 0 atom stereocenters. The number of nitro groups is 1. The molecule has 0 fully saturated rings. The number of esters is 1. The van der Waals surface area contributed by atoms with Gasteiger partial charge < -0.3 is 14.2 Å². The molecule has 0 radical (unpaired) electrons. The maximum Gasteiger partial charge on any atom is 0.345 e. The molecule has 0 heterocycles. The van der Waals surface area contributed by atoms with Crippen LogP contribution in [0.15, 0.2) is 6.07 Å². The molecule has 1 aromatic rings. The van der Waals surface area contributed by atoms with Gasteiger partial charge in [0.15, 0.2) is 5.56 Å². The van der Waals surface area contributed by atoms with Crippen molar-refractivity contribution >= 4 is 23.3 Å². The quantitative estimate of drug-likeness (QED) is 0.475. The van der Waals surface area contributed by atoms with Gasteiger partial charge in [0.2, 0.25) is 5.75 Å². The summed E-state index contributed by atoms with van der Waals surface area (Å²) in [6, 6.07) is 1.16. The van der Waals surface area contributed by atoms with E-state index < -0.39 is 16.6 Å². The predicted molar refractivity (Wildman–Crippen MR) is 62.5 cm³/mol. The van der Waals surface area contributed by atoms with Crippen LogP contribution in [0.3, 0.4) is 0 Å². The molecule has 0 bridgehead atoms. The Labute approximate surface area is 107 Å². The smallest absolute Gasteiger partial charge is 0.345 e. The van der Waals surface area contributed by atoms with Crippen LogP contribution in [-0.2, 0) is 4.74 Å². The Morgan fingerprint density at radius 3 is 2.33 bits per heavy atom. The largest absolute Gasteiger partial charge is 0.496 e. The highest BCUT2D eigenvalue weighted by Gasteiger charge is 2.31. The Hall–Kier alpha value is -2.02. The molecule has 0 saturated carbocycles. The molecule has 0 aromatic heterocycles. The Morgan fingerprint density at radius 1 is 1.33 bits per heavy atom. The van der Waals surface area contributed by atoms with Gasteiger partial charge in [-0.05, 0) is 0 Å². The van der Waals surface area contributed by atoms with Gasteiger partial charge in [-0.3, -0.25) is 10.1 Å². The zero-order valence-electron chi connectivity index (χ0n) is 9.85. The average molecular weight is 276 g/mol. The molecule has 1 rings (SSSR count). The van der Waals surface area contributed by atoms with Gasteiger partial charge in [-0.1, -0.05) is 11.6 Å². The van der Waals surface area contributed by atoms with Gasteiger partial charge in [-0.25, -0.2) is 4.79 Å². The Kier molecular flexibility index (Phi) is 4.33. The SMILES string of the molecule is COC(=O)c1c(OC)cc(Cl)c([N+](=O)[O-])c1OC. The molecule has 0 amide bonds. The van der Waals surface area contributed by atoms with Gasteiger partial charge in [0.1, 0.15) is 10.8 Å². The van der Waals surface area contributed by atoms with E-state index in [2.05, 4.69) is 4.74 Å². The lowest BCUT2D eigenvalue weighted by Crippen LogP contribution is -2.09. The second-order valence-electron chi connectivity index (χ2n) is 3.07. The van der Waals surface area contributed by atoms with E-state index in [0.717, 1.165) is 13.2 Å². The van der Waals surface area contributed by atoms with E-state index in [1.165, 1.54) is 14.2 Å². The summed E-state index contributed by atoms with van der Waals surface area (Å²) in [4.78, 5) is 21.8. The van der Waals surface area contributed by atoms with Crippen LogP contribution >= 0.6 is 11.6 Å². The van der Waals surface area contributed by atoms with Crippen LogP contribution in [0.1, 0.15) is 10.4 Å². The molecule has 0 unspecified atom stereocenters. The van der Waals surface area contributed by atoms with E-state index in [4.69, 9.17) is 21.1 Å². The summed E-state index contributed by atoms with van der Waals surface area (Å²) in [5, 5.41) is 10.7. The van der Waals surface area contributed by atoms with Gasteiger partial charge in [0.05, 0.1) is 26.3 Å². The fraction of sp³-hybridized carbons (Fsp3) is 0.300. The summed E-state index contributed by atoms with van der Waals surface area (Å²) in [6.45, 7) is 0. The van der Waals surface area contributed by atoms with E-state index in [9.17, 15) is 14.9 Å². The van der Waals surface area contributed by atoms with Crippen LogP contribution in [-0.4, -0.2) is 32.2 Å². The van der Waals surface area contributed by atoms with Gasteiger partial charge in [-0.15, -0.1) is 0 Å². The van der Waals surface area contributed by atoms with Crippen molar-refractivity contribution in [1.82, 2.24) is 0 Å². The number of rotatable bonds is 4. The summed E-state index contributed by atoms with van der Waals surface area (Å²) in [5.74, 6) is -1.08. The first-order valence-electron chi connectivity index (χ1n) is 4.65. The lowest BCUT2D eigenvalue weighted by Gasteiger charge is -2.12. The lowest BCUT2D eigenvalue weighted by molar-refractivity contribution is -0.385. The molecule has 0 saturated heterocycles. The minimum absolute atomic E-state index is 0.0364.